The summed E-state index contributed by atoms with van der Waals surface area (Å²) in [6.07, 6.45) is 0. The molecule has 0 bridgehead atoms. The van der Waals surface area contributed by atoms with Crippen molar-refractivity contribution in [1.29, 1.82) is 0 Å². The summed E-state index contributed by atoms with van der Waals surface area (Å²) in [6.45, 7) is 1.91. The van der Waals surface area contributed by atoms with Crippen LogP contribution >= 0.6 is 0 Å². The highest BCUT2D eigenvalue weighted by molar-refractivity contribution is 5.99. The number of carbonyl (C=O) groups is 2. The van der Waals surface area contributed by atoms with Crippen molar-refractivity contribution in [2.75, 3.05) is 17.7 Å². The van der Waals surface area contributed by atoms with Gasteiger partial charge in [-0.2, -0.15) is 0 Å². The topological polar surface area (TPSA) is 79.5 Å². The Morgan fingerprint density at radius 3 is 2.14 bits per heavy atom. The molecule has 29 heavy (non-hydrogen) atoms. The number of hydrogen-bond donors (Lipinski definition) is 3. The van der Waals surface area contributed by atoms with E-state index >= 15 is 0 Å². The van der Waals surface area contributed by atoms with Crippen LogP contribution in [0.3, 0.4) is 0 Å². The molecule has 1 unspecified atom stereocenters. The summed E-state index contributed by atoms with van der Waals surface area (Å²) >= 11 is 0. The van der Waals surface area contributed by atoms with Crippen molar-refractivity contribution in [1.82, 2.24) is 5.32 Å². The highest BCUT2D eigenvalue weighted by Gasteiger charge is 2.12. The maximum absolute atomic E-state index is 12.5. The molecule has 0 spiro atoms. The predicted octanol–water partition coefficient (Wildman–Crippen LogP) is 4.83. The van der Waals surface area contributed by atoms with Gasteiger partial charge in [-0.3, -0.25) is 4.79 Å². The minimum Gasteiger partial charge on any atom is -0.497 e. The number of urea groups is 1. The van der Waals surface area contributed by atoms with Crippen molar-refractivity contribution in [3.63, 3.8) is 0 Å². The van der Waals surface area contributed by atoms with Crippen molar-refractivity contribution in [2.45, 2.75) is 13.0 Å². The van der Waals surface area contributed by atoms with E-state index in [0.717, 1.165) is 11.3 Å². The Balaban J connectivity index is 1.57. The van der Waals surface area contributed by atoms with E-state index in [-0.39, 0.29) is 18.0 Å². The molecule has 6 heteroatoms. The smallest absolute Gasteiger partial charge is 0.323 e. The molecular formula is C23H23N3O3. The van der Waals surface area contributed by atoms with E-state index in [0.29, 0.717) is 17.0 Å². The number of nitrogens with one attached hydrogen (secondary N) is 3. The summed E-state index contributed by atoms with van der Waals surface area (Å²) in [5.41, 5.74) is 2.84. The van der Waals surface area contributed by atoms with Gasteiger partial charge in [0.2, 0.25) is 0 Å². The third-order valence-corrected chi connectivity index (χ3v) is 4.38. The number of benzene rings is 3. The summed E-state index contributed by atoms with van der Waals surface area (Å²) in [6, 6.07) is 23.1. The molecule has 0 aromatic heterocycles. The third kappa shape index (κ3) is 5.59. The molecule has 0 saturated heterocycles. The Labute approximate surface area is 169 Å². The number of carbonyl (C=O) groups excluding carboxylic acids is 2. The van der Waals surface area contributed by atoms with E-state index in [1.54, 1.807) is 43.5 Å². The van der Waals surface area contributed by atoms with Crippen molar-refractivity contribution in [2.24, 2.45) is 0 Å². The van der Waals surface area contributed by atoms with Crippen LogP contribution in [0.25, 0.3) is 0 Å². The molecule has 0 fully saturated rings. The molecule has 0 aliphatic rings. The van der Waals surface area contributed by atoms with E-state index in [2.05, 4.69) is 16.0 Å². The number of amides is 3. The summed E-state index contributed by atoms with van der Waals surface area (Å²) in [7, 11) is 1.56. The number of ether oxygens (including phenoxy) is 1. The van der Waals surface area contributed by atoms with Crippen molar-refractivity contribution in [3.05, 3.63) is 90.0 Å². The SMILES string of the molecule is COc1cccc(C(=O)NC(C)c2ccc(NC(=O)Nc3ccccc3)cc2)c1. The monoisotopic (exact) mass is 389 g/mol. The molecule has 0 aliphatic carbocycles. The van der Waals surface area contributed by atoms with Gasteiger partial charge >= 0.3 is 6.03 Å². The quantitative estimate of drug-likeness (QED) is 0.565. The Kier molecular flexibility index (Phi) is 6.47. The fourth-order valence-electron chi connectivity index (χ4n) is 2.80. The van der Waals surface area contributed by atoms with Gasteiger partial charge in [-0.15, -0.1) is 0 Å². The lowest BCUT2D eigenvalue weighted by molar-refractivity contribution is 0.0939. The first kappa shape index (κ1) is 19.9. The zero-order valence-corrected chi connectivity index (χ0v) is 16.3. The van der Waals surface area contributed by atoms with Gasteiger partial charge in [0.15, 0.2) is 0 Å². The lowest BCUT2D eigenvalue weighted by Gasteiger charge is -2.15. The van der Waals surface area contributed by atoms with E-state index in [1.165, 1.54) is 0 Å². The molecule has 3 amide bonds. The molecule has 3 aromatic rings. The Hall–Kier alpha value is -3.80. The second-order valence-corrected chi connectivity index (χ2v) is 6.49. The fraction of sp³-hybridized carbons (Fsp3) is 0.130. The lowest BCUT2D eigenvalue weighted by Crippen LogP contribution is -2.26. The van der Waals surface area contributed by atoms with Crippen LogP contribution in [-0.2, 0) is 0 Å². The summed E-state index contributed by atoms with van der Waals surface area (Å²) in [5, 5.41) is 8.51. The van der Waals surface area contributed by atoms with Crippen molar-refractivity contribution < 1.29 is 14.3 Å². The van der Waals surface area contributed by atoms with Gasteiger partial charge < -0.3 is 20.7 Å². The van der Waals surface area contributed by atoms with Gasteiger partial charge in [-0.05, 0) is 55.0 Å². The van der Waals surface area contributed by atoms with Crippen LogP contribution in [0.1, 0.15) is 28.9 Å². The molecule has 6 nitrogen and oxygen atoms in total. The molecule has 1 atom stereocenters. The maximum Gasteiger partial charge on any atom is 0.323 e. The van der Waals surface area contributed by atoms with Crippen molar-refractivity contribution >= 4 is 23.3 Å². The van der Waals surface area contributed by atoms with Gasteiger partial charge in [0, 0.05) is 16.9 Å². The fourth-order valence-corrected chi connectivity index (χ4v) is 2.80. The van der Waals surface area contributed by atoms with Gasteiger partial charge in [0.05, 0.1) is 13.2 Å². The zero-order chi connectivity index (χ0) is 20.6. The molecule has 0 aliphatic heterocycles. The first-order valence-electron chi connectivity index (χ1n) is 9.23. The number of anilines is 2. The summed E-state index contributed by atoms with van der Waals surface area (Å²) in [5.74, 6) is 0.454. The minimum atomic E-state index is -0.316. The highest BCUT2D eigenvalue weighted by atomic mass is 16.5. The Morgan fingerprint density at radius 2 is 1.48 bits per heavy atom. The maximum atomic E-state index is 12.5. The largest absolute Gasteiger partial charge is 0.497 e. The predicted molar refractivity (Wildman–Crippen MR) is 114 cm³/mol. The second-order valence-electron chi connectivity index (χ2n) is 6.49. The Bertz CT molecular complexity index is 972. The zero-order valence-electron chi connectivity index (χ0n) is 16.3. The van der Waals surface area contributed by atoms with Crippen LogP contribution in [-0.4, -0.2) is 19.0 Å². The number of para-hydroxylation sites is 1. The molecule has 0 radical (unpaired) electrons. The van der Waals surface area contributed by atoms with E-state index in [1.807, 2.05) is 49.4 Å². The lowest BCUT2D eigenvalue weighted by atomic mass is 10.1. The summed E-state index contributed by atoms with van der Waals surface area (Å²) < 4.78 is 5.16. The van der Waals surface area contributed by atoms with Gasteiger partial charge in [0.25, 0.3) is 5.91 Å². The first-order chi connectivity index (χ1) is 14.0. The first-order valence-corrected chi connectivity index (χ1v) is 9.23. The van der Waals surface area contributed by atoms with Crippen LogP contribution in [0.2, 0.25) is 0 Å². The molecule has 0 saturated carbocycles. The molecular weight excluding hydrogens is 366 g/mol. The van der Waals surface area contributed by atoms with Crippen LogP contribution in [0, 0.1) is 0 Å². The number of methoxy groups -OCH3 is 1. The van der Waals surface area contributed by atoms with E-state index in [4.69, 9.17) is 4.74 Å². The van der Waals surface area contributed by atoms with Crippen LogP contribution in [0.15, 0.2) is 78.9 Å². The van der Waals surface area contributed by atoms with Crippen LogP contribution in [0.5, 0.6) is 5.75 Å². The number of rotatable bonds is 6. The summed E-state index contributed by atoms with van der Waals surface area (Å²) in [4.78, 5) is 24.5. The third-order valence-electron chi connectivity index (χ3n) is 4.38. The van der Waals surface area contributed by atoms with Crippen LogP contribution < -0.4 is 20.7 Å². The van der Waals surface area contributed by atoms with Gasteiger partial charge in [-0.25, -0.2) is 4.79 Å². The Morgan fingerprint density at radius 1 is 0.828 bits per heavy atom. The molecule has 3 aromatic carbocycles. The average Bonchev–Trinajstić information content (AvgIpc) is 2.74. The van der Waals surface area contributed by atoms with Gasteiger partial charge in [-0.1, -0.05) is 36.4 Å². The van der Waals surface area contributed by atoms with Gasteiger partial charge in [0.1, 0.15) is 5.75 Å². The van der Waals surface area contributed by atoms with Crippen molar-refractivity contribution in [3.8, 4) is 5.75 Å². The molecule has 3 rings (SSSR count). The average molecular weight is 389 g/mol. The molecule has 148 valence electrons. The van der Waals surface area contributed by atoms with E-state index in [9.17, 15) is 9.59 Å². The molecule has 3 N–H and O–H groups in total. The minimum absolute atomic E-state index is 0.180. The second kappa shape index (κ2) is 9.41. The highest BCUT2D eigenvalue weighted by Crippen LogP contribution is 2.18. The molecule has 0 heterocycles. The standard InChI is InChI=1S/C23H23N3O3/c1-16(24-22(27)18-7-6-10-21(15-18)29-2)17-11-13-20(14-12-17)26-23(28)25-19-8-4-3-5-9-19/h3-16H,1-2H3,(H,24,27)(H2,25,26,28). The normalized spacial score (nSPS) is 11.2. The number of hydrogen-bond acceptors (Lipinski definition) is 3. The van der Waals surface area contributed by atoms with E-state index < -0.39 is 0 Å². The van der Waals surface area contributed by atoms with Crippen LogP contribution in [0.4, 0.5) is 16.2 Å².